The molecule has 3 atom stereocenters. The van der Waals surface area contributed by atoms with E-state index in [0.717, 1.165) is 12.2 Å². The topological polar surface area (TPSA) is 83.7 Å². The van der Waals surface area contributed by atoms with Crippen LogP contribution < -0.4 is 0 Å². The molecule has 1 amide bonds. The lowest BCUT2D eigenvalue weighted by atomic mass is 10.0. The molecule has 1 aromatic heterocycles. The number of aliphatic hydroxyl groups excluding tert-OH is 1. The van der Waals surface area contributed by atoms with Crippen molar-refractivity contribution in [3.05, 3.63) is 72.1 Å². The van der Waals surface area contributed by atoms with Crippen LogP contribution in [0.2, 0.25) is 0 Å². The number of amides is 1. The highest BCUT2D eigenvalue weighted by molar-refractivity contribution is 5.76. The van der Waals surface area contributed by atoms with Gasteiger partial charge < -0.3 is 14.7 Å². The number of likely N-dealkylation sites (N-methyl/N-ethyl adjacent to an activating group) is 1. The molecule has 8 nitrogen and oxygen atoms in total. The Kier molecular flexibility index (Phi) is 9.44. The Morgan fingerprint density at radius 2 is 1.86 bits per heavy atom. The van der Waals surface area contributed by atoms with Gasteiger partial charge in [0.25, 0.3) is 0 Å². The minimum atomic E-state index is -0.235. The highest BCUT2D eigenvalue weighted by atomic mass is 16.5. The van der Waals surface area contributed by atoms with Gasteiger partial charge in [0.1, 0.15) is 0 Å². The highest BCUT2D eigenvalue weighted by Crippen LogP contribution is 2.21. The van der Waals surface area contributed by atoms with Crippen molar-refractivity contribution in [2.24, 2.45) is 5.92 Å². The summed E-state index contributed by atoms with van der Waals surface area (Å²) in [5, 5.41) is 18.0. The van der Waals surface area contributed by atoms with Crippen LogP contribution in [-0.2, 0) is 29.2 Å². The third-order valence-electron chi connectivity index (χ3n) is 7.14. The third kappa shape index (κ3) is 7.25. The molecule has 0 saturated heterocycles. The van der Waals surface area contributed by atoms with Crippen molar-refractivity contribution in [3.8, 4) is 11.1 Å². The second-order valence-corrected chi connectivity index (χ2v) is 10.2. The second kappa shape index (κ2) is 12.9. The van der Waals surface area contributed by atoms with Crippen LogP contribution in [0.1, 0.15) is 37.9 Å². The van der Waals surface area contributed by atoms with Gasteiger partial charge in [0.15, 0.2) is 0 Å². The minimum Gasteiger partial charge on any atom is -0.394 e. The van der Waals surface area contributed by atoms with E-state index in [9.17, 15) is 9.90 Å². The molecule has 0 saturated carbocycles. The molecule has 8 heteroatoms. The van der Waals surface area contributed by atoms with Crippen molar-refractivity contribution in [2.45, 2.75) is 58.5 Å². The average Bonchev–Trinajstić information content (AvgIpc) is 3.36. The fourth-order valence-electron chi connectivity index (χ4n) is 4.86. The summed E-state index contributed by atoms with van der Waals surface area (Å²) in [7, 11) is 2.10. The van der Waals surface area contributed by atoms with Crippen LogP contribution in [0.5, 0.6) is 0 Å². The smallest absolute Gasteiger partial charge is 0.222 e. The molecule has 0 unspecified atom stereocenters. The van der Waals surface area contributed by atoms with E-state index in [1.807, 2.05) is 22.6 Å². The van der Waals surface area contributed by atoms with E-state index in [4.69, 9.17) is 4.74 Å². The average molecular weight is 506 g/mol. The van der Waals surface area contributed by atoms with Gasteiger partial charge >= 0.3 is 0 Å². The van der Waals surface area contributed by atoms with Crippen molar-refractivity contribution >= 4 is 5.91 Å². The number of rotatable bonds is 7. The molecular formula is C29H39N5O3. The van der Waals surface area contributed by atoms with Crippen molar-refractivity contribution in [1.82, 2.24) is 24.8 Å². The quantitative estimate of drug-likeness (QED) is 0.528. The maximum atomic E-state index is 13.0. The predicted octanol–water partition coefficient (Wildman–Crippen LogP) is 3.60. The van der Waals surface area contributed by atoms with E-state index >= 15 is 0 Å². The first kappa shape index (κ1) is 27.0. The summed E-state index contributed by atoms with van der Waals surface area (Å²) in [6.45, 7) is 7.04. The molecule has 2 aromatic carbocycles. The van der Waals surface area contributed by atoms with Crippen LogP contribution in [0.4, 0.5) is 0 Å². The zero-order chi connectivity index (χ0) is 26.2. The number of aryl methyl sites for hydroxylation is 1. The first-order valence-corrected chi connectivity index (χ1v) is 13.2. The molecule has 1 aliphatic heterocycles. The van der Waals surface area contributed by atoms with Gasteiger partial charge in [-0.15, -0.1) is 5.10 Å². The summed E-state index contributed by atoms with van der Waals surface area (Å²) in [6, 6.07) is 18.8. The van der Waals surface area contributed by atoms with Gasteiger partial charge in [0.05, 0.1) is 37.3 Å². The number of fused-ring (bicyclic) bond motifs is 1. The number of aliphatic hydroxyl groups is 1. The maximum absolute atomic E-state index is 13.0. The Hall–Kier alpha value is -3.07. The summed E-state index contributed by atoms with van der Waals surface area (Å²) in [4.78, 5) is 17.1. The number of nitrogens with zero attached hydrogens (tertiary/aromatic N) is 5. The van der Waals surface area contributed by atoms with E-state index in [0.29, 0.717) is 39.1 Å². The first-order chi connectivity index (χ1) is 17.9. The van der Waals surface area contributed by atoms with E-state index in [1.54, 1.807) is 6.20 Å². The zero-order valence-corrected chi connectivity index (χ0v) is 22.2. The SMILES string of the molecule is C[C@@H]1CN([C@H](C)CO)C(=O)CCCn2nncc2CO[C@H]1CN(C)Cc1ccc(-c2ccccc2)cc1. The normalized spacial score (nSPS) is 20.2. The van der Waals surface area contributed by atoms with E-state index in [-0.39, 0.29) is 30.6 Å². The molecule has 1 N–H and O–H groups in total. The Morgan fingerprint density at radius 1 is 1.14 bits per heavy atom. The van der Waals surface area contributed by atoms with Crippen LogP contribution in [0.25, 0.3) is 11.1 Å². The second-order valence-electron chi connectivity index (χ2n) is 10.2. The number of benzene rings is 2. The monoisotopic (exact) mass is 505 g/mol. The van der Waals surface area contributed by atoms with Crippen LogP contribution in [-0.4, -0.2) is 74.7 Å². The Labute approximate surface area is 219 Å². The molecule has 0 spiro atoms. The Bertz CT molecular complexity index is 1120. The fourth-order valence-corrected chi connectivity index (χ4v) is 4.86. The van der Waals surface area contributed by atoms with Crippen LogP contribution in [0.15, 0.2) is 60.8 Å². The molecule has 0 aliphatic carbocycles. The number of hydrogen-bond donors (Lipinski definition) is 1. The number of hydrogen-bond acceptors (Lipinski definition) is 6. The molecule has 4 rings (SSSR count). The van der Waals surface area contributed by atoms with Gasteiger partial charge in [-0.05, 0) is 37.1 Å². The van der Waals surface area contributed by atoms with E-state index < -0.39 is 0 Å². The van der Waals surface area contributed by atoms with Crippen LogP contribution in [0, 0.1) is 5.92 Å². The standard InChI is InChI=1S/C29H39N5O3/c1-22-17-33(23(2)20-35)29(36)10-7-15-34-27(16-30-31-34)21-37-28(22)19-32(3)18-24-11-13-26(14-12-24)25-8-5-4-6-9-25/h4-6,8-9,11-14,16,22-23,28,35H,7,10,15,17-21H2,1-3H3/t22-,23-,28+/m1/s1. The summed E-state index contributed by atoms with van der Waals surface area (Å²) in [5.41, 5.74) is 4.57. The Morgan fingerprint density at radius 3 is 2.59 bits per heavy atom. The summed E-state index contributed by atoms with van der Waals surface area (Å²) in [5.74, 6) is 0.130. The number of carbonyl (C=O) groups excluding carboxylic acids is 1. The van der Waals surface area contributed by atoms with Crippen molar-refractivity contribution in [1.29, 1.82) is 0 Å². The van der Waals surface area contributed by atoms with Crippen LogP contribution in [0.3, 0.4) is 0 Å². The number of aromatic nitrogens is 3. The first-order valence-electron chi connectivity index (χ1n) is 13.2. The molecule has 37 heavy (non-hydrogen) atoms. The van der Waals surface area contributed by atoms with Gasteiger partial charge in [-0.25, -0.2) is 4.68 Å². The molecular weight excluding hydrogens is 466 g/mol. The molecule has 3 aromatic rings. The van der Waals surface area contributed by atoms with Gasteiger partial charge in [-0.3, -0.25) is 9.69 Å². The highest BCUT2D eigenvalue weighted by Gasteiger charge is 2.28. The molecule has 0 radical (unpaired) electrons. The summed E-state index contributed by atoms with van der Waals surface area (Å²) in [6.07, 6.45) is 2.72. The summed E-state index contributed by atoms with van der Waals surface area (Å²) < 4.78 is 8.28. The van der Waals surface area contributed by atoms with Crippen molar-refractivity contribution < 1.29 is 14.6 Å². The minimum absolute atomic E-state index is 0.0567. The predicted molar refractivity (Wildman–Crippen MR) is 143 cm³/mol. The van der Waals surface area contributed by atoms with Gasteiger partial charge in [0.2, 0.25) is 5.91 Å². The molecule has 1 aliphatic rings. The molecule has 198 valence electrons. The lowest BCUT2D eigenvalue weighted by molar-refractivity contribution is -0.136. The van der Waals surface area contributed by atoms with Crippen molar-refractivity contribution in [2.75, 3.05) is 26.7 Å². The van der Waals surface area contributed by atoms with Gasteiger partial charge in [0, 0.05) is 38.5 Å². The van der Waals surface area contributed by atoms with E-state index in [2.05, 4.69) is 77.7 Å². The third-order valence-corrected chi connectivity index (χ3v) is 7.14. The van der Waals surface area contributed by atoms with E-state index in [1.165, 1.54) is 16.7 Å². The molecule has 0 bridgehead atoms. The maximum Gasteiger partial charge on any atom is 0.222 e. The number of carbonyl (C=O) groups is 1. The van der Waals surface area contributed by atoms with Crippen LogP contribution >= 0.6 is 0 Å². The number of ether oxygens (including phenoxy) is 1. The lowest BCUT2D eigenvalue weighted by Gasteiger charge is -2.35. The molecule has 2 heterocycles. The fraction of sp³-hybridized carbons (Fsp3) is 0.483. The van der Waals surface area contributed by atoms with Crippen molar-refractivity contribution in [3.63, 3.8) is 0 Å². The zero-order valence-electron chi connectivity index (χ0n) is 22.2. The lowest BCUT2D eigenvalue weighted by Crippen LogP contribution is -2.47. The van der Waals surface area contributed by atoms with Gasteiger partial charge in [-0.2, -0.15) is 0 Å². The Balaban J connectivity index is 1.46. The van der Waals surface area contributed by atoms with Gasteiger partial charge in [-0.1, -0.05) is 66.7 Å². The summed E-state index contributed by atoms with van der Waals surface area (Å²) >= 11 is 0. The largest absolute Gasteiger partial charge is 0.394 e. The molecule has 0 fully saturated rings.